The molecule has 0 aliphatic carbocycles. The SMILES string of the molecule is Cc1cc(N2CCC(N3CCS(=O)(=O)CC3)CC2)nc(-c2ccncc2)n1. The monoisotopic (exact) mass is 387 g/mol. The molecule has 0 unspecified atom stereocenters. The first-order chi connectivity index (χ1) is 13.0. The molecule has 7 nitrogen and oxygen atoms in total. The van der Waals surface area contributed by atoms with Gasteiger partial charge in [0.2, 0.25) is 0 Å². The summed E-state index contributed by atoms with van der Waals surface area (Å²) in [5, 5.41) is 0. The number of aryl methyl sites for hydroxylation is 1. The van der Waals surface area contributed by atoms with E-state index in [9.17, 15) is 8.42 Å². The summed E-state index contributed by atoms with van der Waals surface area (Å²) < 4.78 is 23.3. The van der Waals surface area contributed by atoms with E-state index in [1.165, 1.54) is 0 Å². The maximum atomic E-state index is 11.6. The van der Waals surface area contributed by atoms with Crippen molar-refractivity contribution in [3.05, 3.63) is 36.3 Å². The zero-order valence-electron chi connectivity index (χ0n) is 15.6. The van der Waals surface area contributed by atoms with Crippen LogP contribution in [0.1, 0.15) is 18.5 Å². The number of hydrogen-bond acceptors (Lipinski definition) is 7. The molecule has 4 heterocycles. The molecule has 2 aromatic heterocycles. The molecule has 2 aliphatic rings. The molecule has 8 heteroatoms. The lowest BCUT2D eigenvalue weighted by Crippen LogP contribution is -2.50. The zero-order chi connectivity index (χ0) is 18.9. The Kier molecular flexibility index (Phi) is 5.10. The molecule has 2 fully saturated rings. The Morgan fingerprint density at radius 1 is 1.00 bits per heavy atom. The second-order valence-corrected chi connectivity index (χ2v) is 9.64. The topological polar surface area (TPSA) is 79.3 Å². The number of piperidine rings is 1. The number of anilines is 1. The Morgan fingerprint density at radius 2 is 1.67 bits per heavy atom. The van der Waals surface area contributed by atoms with Gasteiger partial charge in [-0.15, -0.1) is 0 Å². The Morgan fingerprint density at radius 3 is 2.33 bits per heavy atom. The molecule has 0 spiro atoms. The van der Waals surface area contributed by atoms with E-state index in [1.807, 2.05) is 25.1 Å². The highest BCUT2D eigenvalue weighted by atomic mass is 32.2. The van der Waals surface area contributed by atoms with Gasteiger partial charge in [0, 0.05) is 61.9 Å². The highest BCUT2D eigenvalue weighted by Gasteiger charge is 2.30. The summed E-state index contributed by atoms with van der Waals surface area (Å²) in [5.74, 6) is 2.30. The first-order valence-electron chi connectivity index (χ1n) is 9.46. The van der Waals surface area contributed by atoms with Crippen molar-refractivity contribution < 1.29 is 8.42 Å². The summed E-state index contributed by atoms with van der Waals surface area (Å²) in [6.45, 7) is 5.20. The van der Waals surface area contributed by atoms with E-state index in [-0.39, 0.29) is 0 Å². The first kappa shape index (κ1) is 18.3. The second kappa shape index (κ2) is 7.52. The standard InChI is InChI=1S/C19H25N5O2S/c1-15-14-18(22-19(21-15)16-2-6-20-7-3-16)24-8-4-17(5-9-24)23-10-12-27(25,26)13-11-23/h2-3,6-7,14,17H,4-5,8-13H2,1H3. The number of sulfone groups is 1. The Bertz CT molecular complexity index is 882. The highest BCUT2D eigenvalue weighted by molar-refractivity contribution is 7.91. The van der Waals surface area contributed by atoms with Crippen LogP contribution in [0.4, 0.5) is 5.82 Å². The van der Waals surface area contributed by atoms with Gasteiger partial charge >= 0.3 is 0 Å². The first-order valence-corrected chi connectivity index (χ1v) is 11.3. The number of hydrogen-bond donors (Lipinski definition) is 0. The Labute approximate surface area is 160 Å². The lowest BCUT2D eigenvalue weighted by atomic mass is 10.0. The van der Waals surface area contributed by atoms with Crippen molar-refractivity contribution >= 4 is 15.7 Å². The van der Waals surface area contributed by atoms with Crippen LogP contribution in [0.5, 0.6) is 0 Å². The normalized spacial score (nSPS) is 21.3. The van der Waals surface area contributed by atoms with Crippen LogP contribution in [0.3, 0.4) is 0 Å². The van der Waals surface area contributed by atoms with Crippen LogP contribution in [0.15, 0.2) is 30.6 Å². The lowest BCUT2D eigenvalue weighted by Gasteiger charge is -2.40. The van der Waals surface area contributed by atoms with E-state index >= 15 is 0 Å². The highest BCUT2D eigenvalue weighted by Crippen LogP contribution is 2.25. The maximum Gasteiger partial charge on any atom is 0.161 e. The van der Waals surface area contributed by atoms with Crippen molar-refractivity contribution in [2.45, 2.75) is 25.8 Å². The van der Waals surface area contributed by atoms with Crippen LogP contribution >= 0.6 is 0 Å². The lowest BCUT2D eigenvalue weighted by molar-refractivity contribution is 0.182. The summed E-state index contributed by atoms with van der Waals surface area (Å²) in [5.41, 5.74) is 1.93. The van der Waals surface area contributed by atoms with Gasteiger partial charge in [-0.2, -0.15) is 0 Å². The van der Waals surface area contributed by atoms with Crippen molar-refractivity contribution in [2.24, 2.45) is 0 Å². The fraction of sp³-hybridized carbons (Fsp3) is 0.526. The van der Waals surface area contributed by atoms with E-state index in [4.69, 9.17) is 4.98 Å². The van der Waals surface area contributed by atoms with Crippen LogP contribution < -0.4 is 4.90 Å². The molecule has 144 valence electrons. The average molecular weight is 388 g/mol. The van der Waals surface area contributed by atoms with Crippen molar-refractivity contribution in [3.8, 4) is 11.4 Å². The van der Waals surface area contributed by atoms with Crippen molar-refractivity contribution in [3.63, 3.8) is 0 Å². The zero-order valence-corrected chi connectivity index (χ0v) is 16.4. The van der Waals surface area contributed by atoms with Crippen molar-refractivity contribution in [1.82, 2.24) is 19.9 Å². The van der Waals surface area contributed by atoms with Gasteiger partial charge in [0.05, 0.1) is 11.5 Å². The Balaban J connectivity index is 1.43. The summed E-state index contributed by atoms with van der Waals surface area (Å²) in [6, 6.07) is 6.36. The van der Waals surface area contributed by atoms with Crippen molar-refractivity contribution in [2.75, 3.05) is 42.6 Å². The van der Waals surface area contributed by atoms with Crippen LogP contribution in [0, 0.1) is 6.92 Å². The van der Waals surface area contributed by atoms with Gasteiger partial charge in [0.15, 0.2) is 15.7 Å². The molecule has 0 bridgehead atoms. The minimum Gasteiger partial charge on any atom is -0.356 e. The van der Waals surface area contributed by atoms with Crippen LogP contribution in [-0.2, 0) is 9.84 Å². The van der Waals surface area contributed by atoms with Gasteiger partial charge < -0.3 is 4.90 Å². The van der Waals surface area contributed by atoms with Gasteiger partial charge in [-0.1, -0.05) is 0 Å². The third-order valence-electron chi connectivity index (χ3n) is 5.46. The number of aromatic nitrogens is 3. The largest absolute Gasteiger partial charge is 0.356 e. The molecule has 0 atom stereocenters. The van der Waals surface area contributed by atoms with E-state index < -0.39 is 9.84 Å². The average Bonchev–Trinajstić information content (AvgIpc) is 2.68. The van der Waals surface area contributed by atoms with E-state index in [0.717, 1.165) is 48.8 Å². The number of rotatable bonds is 3. The molecular formula is C19H25N5O2S. The minimum atomic E-state index is -2.82. The predicted octanol–water partition coefficient (Wildman–Crippen LogP) is 1.55. The molecule has 2 aliphatic heterocycles. The van der Waals surface area contributed by atoms with Gasteiger partial charge in [-0.25, -0.2) is 18.4 Å². The van der Waals surface area contributed by atoms with Gasteiger partial charge in [0.25, 0.3) is 0 Å². The number of pyridine rings is 1. The van der Waals surface area contributed by atoms with Crippen LogP contribution in [0.2, 0.25) is 0 Å². The van der Waals surface area contributed by atoms with Gasteiger partial charge in [-0.3, -0.25) is 9.88 Å². The van der Waals surface area contributed by atoms with E-state index in [0.29, 0.717) is 30.6 Å². The number of nitrogens with zero attached hydrogens (tertiary/aromatic N) is 5. The van der Waals surface area contributed by atoms with Crippen LogP contribution in [-0.4, -0.2) is 72.0 Å². The van der Waals surface area contributed by atoms with Crippen molar-refractivity contribution in [1.29, 1.82) is 0 Å². The van der Waals surface area contributed by atoms with Crippen LogP contribution in [0.25, 0.3) is 11.4 Å². The third kappa shape index (κ3) is 4.27. The molecular weight excluding hydrogens is 362 g/mol. The molecule has 0 N–H and O–H groups in total. The molecule has 0 amide bonds. The molecule has 0 aromatic carbocycles. The molecule has 27 heavy (non-hydrogen) atoms. The molecule has 0 radical (unpaired) electrons. The Hall–Kier alpha value is -2.06. The fourth-order valence-corrected chi connectivity index (χ4v) is 5.13. The maximum absolute atomic E-state index is 11.6. The molecule has 2 aromatic rings. The minimum absolute atomic E-state index is 0.299. The third-order valence-corrected chi connectivity index (χ3v) is 7.07. The molecule has 4 rings (SSSR count). The summed E-state index contributed by atoms with van der Waals surface area (Å²) in [4.78, 5) is 18.1. The molecule has 0 saturated carbocycles. The van der Waals surface area contributed by atoms with Gasteiger partial charge in [-0.05, 0) is 31.9 Å². The van der Waals surface area contributed by atoms with E-state index in [2.05, 4.69) is 19.8 Å². The second-order valence-electron chi connectivity index (χ2n) is 7.33. The van der Waals surface area contributed by atoms with E-state index in [1.54, 1.807) is 12.4 Å². The summed E-state index contributed by atoms with van der Waals surface area (Å²) in [6.07, 6.45) is 5.58. The molecule has 2 saturated heterocycles. The quantitative estimate of drug-likeness (QED) is 0.790. The summed E-state index contributed by atoms with van der Waals surface area (Å²) in [7, 11) is -2.82. The predicted molar refractivity (Wildman–Crippen MR) is 105 cm³/mol. The smallest absolute Gasteiger partial charge is 0.161 e. The fourth-order valence-electron chi connectivity index (χ4n) is 3.90. The summed E-state index contributed by atoms with van der Waals surface area (Å²) >= 11 is 0. The van der Waals surface area contributed by atoms with Gasteiger partial charge in [0.1, 0.15) is 5.82 Å².